The molecule has 2 aromatic rings. The quantitative estimate of drug-likeness (QED) is 0.833. The predicted molar refractivity (Wildman–Crippen MR) is 89.3 cm³/mol. The molecule has 1 unspecified atom stereocenters. The number of fused-ring (bicyclic) bond motifs is 1. The summed E-state index contributed by atoms with van der Waals surface area (Å²) in [5, 5.41) is 8.20. The standard InChI is InChI=1S/C16H22ClN3S/c1-11-9-12(2)20(19-11)8-4-7-18-14-5-3-6-15-13(14)10-16(17)21-15/h9-10,14,18H,3-8H2,1-2H3. The Balaban J connectivity index is 1.51. The zero-order chi connectivity index (χ0) is 14.8. The lowest BCUT2D eigenvalue weighted by atomic mass is 9.94. The van der Waals surface area contributed by atoms with Crippen molar-refractivity contribution in [1.82, 2.24) is 15.1 Å². The summed E-state index contributed by atoms with van der Waals surface area (Å²) in [6.07, 6.45) is 4.78. The number of nitrogens with one attached hydrogen (secondary N) is 1. The van der Waals surface area contributed by atoms with Crippen molar-refractivity contribution in [2.45, 2.75) is 52.1 Å². The Morgan fingerprint density at radius 1 is 1.43 bits per heavy atom. The van der Waals surface area contributed by atoms with Crippen LogP contribution >= 0.6 is 22.9 Å². The molecule has 3 rings (SSSR count). The van der Waals surface area contributed by atoms with Crippen molar-refractivity contribution in [2.75, 3.05) is 6.54 Å². The van der Waals surface area contributed by atoms with Gasteiger partial charge in [-0.3, -0.25) is 4.68 Å². The molecule has 1 aliphatic rings. The Morgan fingerprint density at radius 2 is 2.29 bits per heavy atom. The highest BCUT2D eigenvalue weighted by molar-refractivity contribution is 7.16. The normalized spacial score (nSPS) is 18.0. The lowest BCUT2D eigenvalue weighted by molar-refractivity contribution is 0.441. The van der Waals surface area contributed by atoms with Gasteiger partial charge in [0.2, 0.25) is 0 Å². The highest BCUT2D eigenvalue weighted by Gasteiger charge is 2.21. The third-order valence-corrected chi connectivity index (χ3v) is 5.46. The molecule has 1 N–H and O–H groups in total. The van der Waals surface area contributed by atoms with E-state index in [0.29, 0.717) is 6.04 Å². The average Bonchev–Trinajstić information content (AvgIpc) is 2.96. The van der Waals surface area contributed by atoms with Crippen molar-refractivity contribution in [3.63, 3.8) is 0 Å². The molecule has 0 saturated carbocycles. The second-order valence-electron chi connectivity index (χ2n) is 5.83. The van der Waals surface area contributed by atoms with E-state index >= 15 is 0 Å². The van der Waals surface area contributed by atoms with Crippen LogP contribution in [0.3, 0.4) is 0 Å². The lowest BCUT2D eigenvalue weighted by Gasteiger charge is -2.23. The zero-order valence-corrected chi connectivity index (χ0v) is 14.2. The van der Waals surface area contributed by atoms with Gasteiger partial charge in [0, 0.05) is 23.2 Å². The summed E-state index contributed by atoms with van der Waals surface area (Å²) in [6.45, 7) is 6.17. The van der Waals surface area contributed by atoms with E-state index in [-0.39, 0.29) is 0 Å². The van der Waals surface area contributed by atoms with E-state index in [1.165, 1.54) is 35.4 Å². The molecular weight excluding hydrogens is 302 g/mol. The van der Waals surface area contributed by atoms with Crippen molar-refractivity contribution < 1.29 is 0 Å². The molecule has 2 aromatic heterocycles. The van der Waals surface area contributed by atoms with Crippen LogP contribution in [0.5, 0.6) is 0 Å². The molecule has 114 valence electrons. The molecule has 0 aliphatic heterocycles. The van der Waals surface area contributed by atoms with E-state index < -0.39 is 0 Å². The molecule has 0 saturated heterocycles. The number of hydrogen-bond acceptors (Lipinski definition) is 3. The fraction of sp³-hybridized carbons (Fsp3) is 0.562. The van der Waals surface area contributed by atoms with Crippen LogP contribution in [0, 0.1) is 13.8 Å². The zero-order valence-electron chi connectivity index (χ0n) is 12.7. The molecule has 5 heteroatoms. The van der Waals surface area contributed by atoms with Crippen LogP contribution in [0.25, 0.3) is 0 Å². The van der Waals surface area contributed by atoms with Crippen molar-refractivity contribution >= 4 is 22.9 Å². The second kappa shape index (κ2) is 6.51. The second-order valence-corrected chi connectivity index (χ2v) is 7.60. The van der Waals surface area contributed by atoms with Crippen molar-refractivity contribution in [3.8, 4) is 0 Å². The molecule has 21 heavy (non-hydrogen) atoms. The summed E-state index contributed by atoms with van der Waals surface area (Å²) in [4.78, 5) is 1.47. The van der Waals surface area contributed by atoms with E-state index in [9.17, 15) is 0 Å². The van der Waals surface area contributed by atoms with E-state index in [2.05, 4.69) is 34.2 Å². The highest BCUT2D eigenvalue weighted by Crippen LogP contribution is 2.37. The fourth-order valence-electron chi connectivity index (χ4n) is 3.14. The average molecular weight is 324 g/mol. The number of aromatic nitrogens is 2. The molecule has 0 aromatic carbocycles. The van der Waals surface area contributed by atoms with Crippen LogP contribution in [-0.2, 0) is 13.0 Å². The van der Waals surface area contributed by atoms with Crippen LogP contribution in [0.1, 0.15) is 47.1 Å². The SMILES string of the molecule is Cc1cc(C)n(CCCNC2CCCc3sc(Cl)cc32)n1. The van der Waals surface area contributed by atoms with Gasteiger partial charge in [-0.05, 0) is 63.8 Å². The first-order valence-corrected chi connectivity index (χ1v) is 8.85. The number of halogens is 1. The third-order valence-electron chi connectivity index (χ3n) is 4.12. The van der Waals surface area contributed by atoms with E-state index in [1.54, 1.807) is 11.3 Å². The van der Waals surface area contributed by atoms with Crippen LogP contribution < -0.4 is 5.32 Å². The maximum Gasteiger partial charge on any atom is 0.0934 e. The minimum atomic E-state index is 0.484. The molecule has 0 bridgehead atoms. The summed E-state index contributed by atoms with van der Waals surface area (Å²) in [5.41, 5.74) is 3.78. The Kier molecular flexibility index (Phi) is 4.67. The lowest BCUT2D eigenvalue weighted by Crippen LogP contribution is -2.26. The summed E-state index contributed by atoms with van der Waals surface area (Å²) in [7, 11) is 0. The first kappa shape index (κ1) is 15.1. The molecule has 1 atom stereocenters. The van der Waals surface area contributed by atoms with Crippen molar-refractivity contribution in [3.05, 3.63) is 38.3 Å². The van der Waals surface area contributed by atoms with Gasteiger partial charge < -0.3 is 5.32 Å². The first-order chi connectivity index (χ1) is 10.1. The fourth-order valence-corrected chi connectivity index (χ4v) is 4.52. The Morgan fingerprint density at radius 3 is 3.05 bits per heavy atom. The Bertz CT molecular complexity index is 617. The largest absolute Gasteiger partial charge is 0.310 e. The molecule has 0 amide bonds. The van der Waals surface area contributed by atoms with Gasteiger partial charge in [0.25, 0.3) is 0 Å². The van der Waals surface area contributed by atoms with Gasteiger partial charge in [0.05, 0.1) is 10.0 Å². The molecule has 0 spiro atoms. The van der Waals surface area contributed by atoms with Crippen LogP contribution in [-0.4, -0.2) is 16.3 Å². The smallest absolute Gasteiger partial charge is 0.0934 e. The maximum absolute atomic E-state index is 6.16. The van der Waals surface area contributed by atoms with Gasteiger partial charge in [-0.1, -0.05) is 11.6 Å². The summed E-state index contributed by atoms with van der Waals surface area (Å²) in [5.74, 6) is 0. The first-order valence-electron chi connectivity index (χ1n) is 7.66. The summed E-state index contributed by atoms with van der Waals surface area (Å²) in [6, 6.07) is 4.77. The monoisotopic (exact) mass is 323 g/mol. The summed E-state index contributed by atoms with van der Waals surface area (Å²) >= 11 is 7.90. The van der Waals surface area contributed by atoms with Gasteiger partial charge in [-0.15, -0.1) is 11.3 Å². The Hall–Kier alpha value is -0.840. The molecule has 2 heterocycles. The highest BCUT2D eigenvalue weighted by atomic mass is 35.5. The molecule has 0 fully saturated rings. The van der Waals surface area contributed by atoms with Crippen LogP contribution in [0.4, 0.5) is 0 Å². The molecule has 1 aliphatic carbocycles. The van der Waals surface area contributed by atoms with Gasteiger partial charge in [0.1, 0.15) is 0 Å². The topological polar surface area (TPSA) is 29.9 Å². The number of hydrogen-bond donors (Lipinski definition) is 1. The minimum Gasteiger partial charge on any atom is -0.310 e. The molecule has 3 nitrogen and oxygen atoms in total. The number of aryl methyl sites for hydroxylation is 4. The van der Waals surface area contributed by atoms with Crippen LogP contribution in [0.15, 0.2) is 12.1 Å². The van der Waals surface area contributed by atoms with Gasteiger partial charge in [-0.2, -0.15) is 5.10 Å². The van der Waals surface area contributed by atoms with E-state index in [0.717, 1.165) is 29.5 Å². The molecule has 0 radical (unpaired) electrons. The van der Waals surface area contributed by atoms with Crippen molar-refractivity contribution in [1.29, 1.82) is 0 Å². The minimum absolute atomic E-state index is 0.484. The predicted octanol–water partition coefficient (Wildman–Crippen LogP) is 4.27. The molecular formula is C16H22ClN3S. The number of nitrogens with zero attached hydrogens (tertiary/aromatic N) is 2. The third kappa shape index (κ3) is 3.50. The van der Waals surface area contributed by atoms with Gasteiger partial charge in [0.15, 0.2) is 0 Å². The Labute approximate surface area is 135 Å². The van der Waals surface area contributed by atoms with Gasteiger partial charge >= 0.3 is 0 Å². The van der Waals surface area contributed by atoms with E-state index in [1.807, 2.05) is 6.92 Å². The number of thiophene rings is 1. The maximum atomic E-state index is 6.16. The number of rotatable bonds is 5. The van der Waals surface area contributed by atoms with Gasteiger partial charge in [-0.25, -0.2) is 0 Å². The van der Waals surface area contributed by atoms with E-state index in [4.69, 9.17) is 11.6 Å². The summed E-state index contributed by atoms with van der Waals surface area (Å²) < 4.78 is 3.03. The van der Waals surface area contributed by atoms with Crippen molar-refractivity contribution in [2.24, 2.45) is 0 Å². The van der Waals surface area contributed by atoms with Crippen LogP contribution in [0.2, 0.25) is 4.34 Å².